The van der Waals surface area contributed by atoms with Crippen LogP contribution in [0.4, 0.5) is 11.4 Å². The number of amides is 1. The van der Waals surface area contributed by atoms with Crippen LogP contribution in [0.15, 0.2) is 84.0 Å². The molecule has 3 aromatic carbocycles. The van der Waals surface area contributed by atoms with E-state index in [-0.39, 0.29) is 11.6 Å². The average molecular weight is 476 g/mol. The fourth-order valence-electron chi connectivity index (χ4n) is 3.26. The number of para-hydroxylation sites is 1. The van der Waals surface area contributed by atoms with Crippen LogP contribution < -0.4 is 10.1 Å². The van der Waals surface area contributed by atoms with Gasteiger partial charge in [-0.2, -0.15) is 0 Å². The average Bonchev–Trinajstić information content (AvgIpc) is 3.28. The first kappa shape index (κ1) is 23.0. The van der Waals surface area contributed by atoms with Gasteiger partial charge in [-0.25, -0.2) is 0 Å². The van der Waals surface area contributed by atoms with Crippen LogP contribution in [0.2, 0.25) is 0 Å². The van der Waals surface area contributed by atoms with Crippen molar-refractivity contribution in [2.75, 3.05) is 12.4 Å². The predicted octanol–water partition coefficient (Wildman–Crippen LogP) is 4.97. The molecule has 172 valence electrons. The van der Waals surface area contributed by atoms with Crippen molar-refractivity contribution in [2.45, 2.75) is 17.3 Å². The van der Waals surface area contributed by atoms with Gasteiger partial charge < -0.3 is 10.1 Å². The number of hydrogen-bond acceptors (Lipinski definition) is 7. The Morgan fingerprint density at radius 3 is 2.56 bits per heavy atom. The zero-order chi connectivity index (χ0) is 24.1. The molecule has 0 saturated heterocycles. The van der Waals surface area contributed by atoms with E-state index in [0.29, 0.717) is 22.4 Å². The number of carbonyl (C=O) groups excluding carboxylic acids is 1. The third kappa shape index (κ3) is 5.07. The Labute approximate surface area is 199 Å². The highest BCUT2D eigenvalue weighted by Gasteiger charge is 2.22. The summed E-state index contributed by atoms with van der Waals surface area (Å²) in [5.41, 5.74) is 1.92. The number of rotatable bonds is 8. The van der Waals surface area contributed by atoms with Gasteiger partial charge in [0.25, 0.3) is 5.69 Å². The smallest absolute Gasteiger partial charge is 0.271 e. The Bertz CT molecular complexity index is 1330. The van der Waals surface area contributed by atoms with Crippen molar-refractivity contribution in [3.05, 3.63) is 89.0 Å². The second kappa shape index (κ2) is 10.2. The minimum atomic E-state index is -0.552. The number of nitro benzene ring substituents is 1. The highest BCUT2D eigenvalue weighted by molar-refractivity contribution is 8.00. The lowest BCUT2D eigenvalue weighted by Gasteiger charge is -2.14. The number of aromatic nitrogens is 3. The van der Waals surface area contributed by atoms with Gasteiger partial charge in [-0.15, -0.1) is 10.2 Å². The summed E-state index contributed by atoms with van der Waals surface area (Å²) in [5, 5.41) is 22.5. The molecule has 0 aliphatic rings. The number of thioether (sulfide) groups is 1. The first-order chi connectivity index (χ1) is 16.5. The Morgan fingerprint density at radius 2 is 1.82 bits per heavy atom. The number of benzene rings is 3. The molecule has 10 heteroatoms. The molecule has 34 heavy (non-hydrogen) atoms. The number of nitrogens with zero attached hydrogens (tertiary/aromatic N) is 4. The number of nitro groups is 1. The number of ether oxygens (including phenoxy) is 1. The van der Waals surface area contributed by atoms with Gasteiger partial charge in [0.15, 0.2) is 11.0 Å². The molecule has 0 radical (unpaired) electrons. The molecular formula is C24H21N5O4S. The summed E-state index contributed by atoms with van der Waals surface area (Å²) in [7, 11) is 1.60. The molecule has 4 rings (SSSR count). The Kier molecular flexibility index (Phi) is 6.88. The molecule has 1 atom stereocenters. The molecule has 0 aliphatic carbocycles. The van der Waals surface area contributed by atoms with Crippen LogP contribution >= 0.6 is 11.8 Å². The van der Waals surface area contributed by atoms with Crippen LogP contribution in [0, 0.1) is 10.1 Å². The topological polar surface area (TPSA) is 112 Å². The summed E-state index contributed by atoms with van der Waals surface area (Å²) in [5.74, 6) is 0.994. The summed E-state index contributed by atoms with van der Waals surface area (Å²) in [6.07, 6.45) is 0. The van der Waals surface area contributed by atoms with Gasteiger partial charge >= 0.3 is 0 Å². The first-order valence-corrected chi connectivity index (χ1v) is 11.2. The maximum atomic E-state index is 12.8. The van der Waals surface area contributed by atoms with Crippen molar-refractivity contribution in [3.8, 4) is 22.8 Å². The predicted molar refractivity (Wildman–Crippen MR) is 130 cm³/mol. The summed E-state index contributed by atoms with van der Waals surface area (Å²) in [4.78, 5) is 23.3. The number of non-ortho nitro benzene ring substituents is 1. The van der Waals surface area contributed by atoms with E-state index in [1.165, 1.54) is 30.0 Å². The second-order valence-electron chi connectivity index (χ2n) is 7.27. The molecule has 4 aromatic rings. The fourth-order valence-corrected chi connectivity index (χ4v) is 4.13. The van der Waals surface area contributed by atoms with E-state index in [1.54, 1.807) is 20.1 Å². The Hall–Kier alpha value is -4.18. The van der Waals surface area contributed by atoms with E-state index >= 15 is 0 Å². The first-order valence-electron chi connectivity index (χ1n) is 10.3. The van der Waals surface area contributed by atoms with E-state index in [1.807, 2.05) is 59.2 Å². The van der Waals surface area contributed by atoms with Crippen LogP contribution in [0.5, 0.6) is 5.75 Å². The van der Waals surface area contributed by atoms with Gasteiger partial charge in [-0.3, -0.25) is 19.5 Å². The van der Waals surface area contributed by atoms with Gasteiger partial charge in [-0.1, -0.05) is 48.2 Å². The molecule has 0 aliphatic heterocycles. The summed E-state index contributed by atoms with van der Waals surface area (Å²) in [6.45, 7) is 1.74. The molecule has 1 amide bonds. The van der Waals surface area contributed by atoms with Gasteiger partial charge in [0.1, 0.15) is 5.75 Å². The third-order valence-electron chi connectivity index (χ3n) is 4.95. The normalized spacial score (nSPS) is 11.6. The number of hydrogen-bond donors (Lipinski definition) is 1. The minimum Gasteiger partial charge on any atom is -0.497 e. The Balaban J connectivity index is 1.62. The molecular weight excluding hydrogens is 454 g/mol. The Morgan fingerprint density at radius 1 is 1.06 bits per heavy atom. The quantitative estimate of drug-likeness (QED) is 0.217. The summed E-state index contributed by atoms with van der Waals surface area (Å²) in [6, 6.07) is 23.0. The zero-order valence-electron chi connectivity index (χ0n) is 18.4. The van der Waals surface area contributed by atoms with Crippen molar-refractivity contribution in [2.24, 2.45) is 0 Å². The van der Waals surface area contributed by atoms with Crippen molar-refractivity contribution < 1.29 is 14.5 Å². The SMILES string of the molecule is COc1cccc(-c2nnc(SC(C)C(=O)Nc3cccc([N+](=O)[O-])c3)n2-c2ccccc2)c1. The third-order valence-corrected chi connectivity index (χ3v) is 5.99. The molecule has 1 unspecified atom stereocenters. The van der Waals surface area contributed by atoms with Gasteiger partial charge in [0, 0.05) is 29.1 Å². The van der Waals surface area contributed by atoms with Crippen molar-refractivity contribution in [1.82, 2.24) is 14.8 Å². The summed E-state index contributed by atoms with van der Waals surface area (Å²) >= 11 is 1.24. The van der Waals surface area contributed by atoms with Crippen molar-refractivity contribution in [1.29, 1.82) is 0 Å². The van der Waals surface area contributed by atoms with Crippen molar-refractivity contribution in [3.63, 3.8) is 0 Å². The lowest BCUT2D eigenvalue weighted by molar-refractivity contribution is -0.384. The fraction of sp³-hybridized carbons (Fsp3) is 0.125. The molecule has 1 aromatic heterocycles. The summed E-state index contributed by atoms with van der Waals surface area (Å²) < 4.78 is 7.23. The molecule has 0 fully saturated rings. The molecule has 1 heterocycles. The van der Waals surface area contributed by atoms with Crippen LogP contribution in [-0.4, -0.2) is 38.0 Å². The maximum absolute atomic E-state index is 12.8. The van der Waals surface area contributed by atoms with E-state index in [0.717, 1.165) is 11.3 Å². The van der Waals surface area contributed by atoms with E-state index in [2.05, 4.69) is 15.5 Å². The number of carbonyl (C=O) groups is 1. The van der Waals surface area contributed by atoms with Crippen LogP contribution in [0.25, 0.3) is 17.1 Å². The molecule has 0 spiro atoms. The maximum Gasteiger partial charge on any atom is 0.271 e. The van der Waals surface area contributed by atoms with E-state index in [9.17, 15) is 14.9 Å². The molecule has 9 nitrogen and oxygen atoms in total. The number of methoxy groups -OCH3 is 1. The van der Waals surface area contributed by atoms with Gasteiger partial charge in [0.2, 0.25) is 5.91 Å². The molecule has 1 N–H and O–H groups in total. The highest BCUT2D eigenvalue weighted by Crippen LogP contribution is 2.32. The van der Waals surface area contributed by atoms with Crippen LogP contribution in [-0.2, 0) is 4.79 Å². The van der Waals surface area contributed by atoms with Crippen LogP contribution in [0.1, 0.15) is 6.92 Å². The molecule has 0 saturated carbocycles. The number of nitrogens with one attached hydrogen (secondary N) is 1. The number of anilines is 1. The monoisotopic (exact) mass is 475 g/mol. The van der Waals surface area contributed by atoms with E-state index in [4.69, 9.17) is 4.74 Å². The lowest BCUT2D eigenvalue weighted by atomic mass is 10.2. The van der Waals surface area contributed by atoms with E-state index < -0.39 is 10.2 Å². The second-order valence-corrected chi connectivity index (χ2v) is 8.57. The van der Waals surface area contributed by atoms with Gasteiger partial charge in [-0.05, 0) is 37.3 Å². The standard InChI is InChI=1S/C24H21N5O4S/c1-16(23(30)25-18-9-7-12-20(15-18)29(31)32)34-24-27-26-22(17-8-6-13-21(14-17)33-2)28(24)19-10-4-3-5-11-19/h3-16H,1-2H3,(H,25,30). The highest BCUT2D eigenvalue weighted by atomic mass is 32.2. The van der Waals surface area contributed by atoms with Crippen molar-refractivity contribution >= 4 is 29.0 Å². The minimum absolute atomic E-state index is 0.0927. The van der Waals surface area contributed by atoms with Crippen LogP contribution in [0.3, 0.4) is 0 Å². The largest absolute Gasteiger partial charge is 0.497 e. The van der Waals surface area contributed by atoms with Gasteiger partial charge in [0.05, 0.1) is 17.3 Å². The zero-order valence-corrected chi connectivity index (χ0v) is 19.2. The molecule has 0 bridgehead atoms. The lowest BCUT2D eigenvalue weighted by Crippen LogP contribution is -2.23.